The summed E-state index contributed by atoms with van der Waals surface area (Å²) in [5, 5.41) is 9.89. The third-order valence-corrected chi connectivity index (χ3v) is 2.93. The van der Waals surface area contributed by atoms with E-state index in [1.54, 1.807) is 48.5 Å². The third kappa shape index (κ3) is 2.63. The van der Waals surface area contributed by atoms with Gasteiger partial charge in [-0.1, -0.05) is 35.9 Å². The Bertz CT molecular complexity index is 566. The van der Waals surface area contributed by atoms with Crippen molar-refractivity contribution >= 4 is 23.3 Å². The number of rotatable bonds is 3. The maximum absolute atomic E-state index is 11.4. The number of anilines is 1. The molecule has 92 valence electrons. The monoisotopic (exact) mass is 261 g/mol. The molecule has 0 aliphatic rings. The summed E-state index contributed by atoms with van der Waals surface area (Å²) < 4.78 is 0. The largest absolute Gasteiger partial charge is 0.481 e. The molecule has 1 atom stereocenters. The Hall–Kier alpha value is -2.00. The van der Waals surface area contributed by atoms with Crippen LogP contribution in [-0.2, 0) is 4.79 Å². The number of carboxylic acids is 1. The van der Waals surface area contributed by atoms with E-state index >= 15 is 0 Å². The number of nitrogen functional groups attached to an aromatic ring is 1. The van der Waals surface area contributed by atoms with Crippen LogP contribution in [0.3, 0.4) is 0 Å². The van der Waals surface area contributed by atoms with E-state index in [9.17, 15) is 9.90 Å². The average Bonchev–Trinajstić information content (AvgIpc) is 2.32. The number of hydrogen-bond acceptors (Lipinski definition) is 2. The summed E-state index contributed by atoms with van der Waals surface area (Å²) in [5.74, 6) is -1.65. The fourth-order valence-electron chi connectivity index (χ4n) is 1.85. The van der Waals surface area contributed by atoms with Crippen molar-refractivity contribution in [1.29, 1.82) is 0 Å². The first-order valence-electron chi connectivity index (χ1n) is 5.41. The smallest absolute Gasteiger partial charge is 0.315 e. The van der Waals surface area contributed by atoms with Crippen molar-refractivity contribution in [3.8, 4) is 0 Å². The second kappa shape index (κ2) is 5.10. The molecule has 2 aromatic carbocycles. The number of hydrogen-bond donors (Lipinski definition) is 2. The zero-order valence-electron chi connectivity index (χ0n) is 9.51. The molecule has 0 radical (unpaired) electrons. The number of carbonyl (C=O) groups is 1. The summed E-state index contributed by atoms with van der Waals surface area (Å²) in [7, 11) is 0. The maximum atomic E-state index is 11.4. The zero-order chi connectivity index (χ0) is 13.1. The quantitative estimate of drug-likeness (QED) is 0.835. The minimum Gasteiger partial charge on any atom is -0.481 e. The lowest BCUT2D eigenvalue weighted by molar-refractivity contribution is -0.137. The van der Waals surface area contributed by atoms with Gasteiger partial charge in [-0.25, -0.2) is 0 Å². The van der Waals surface area contributed by atoms with Crippen LogP contribution in [0, 0.1) is 0 Å². The van der Waals surface area contributed by atoms with E-state index in [4.69, 9.17) is 17.3 Å². The van der Waals surface area contributed by atoms with Gasteiger partial charge in [-0.05, 0) is 35.4 Å². The molecular weight excluding hydrogens is 250 g/mol. The highest BCUT2D eigenvalue weighted by atomic mass is 35.5. The molecular formula is C14H12ClNO2. The molecule has 3 nitrogen and oxygen atoms in total. The Balaban J connectivity index is 2.46. The van der Waals surface area contributed by atoms with E-state index in [2.05, 4.69) is 0 Å². The predicted octanol–water partition coefficient (Wildman–Crippen LogP) is 3.14. The fraction of sp³-hybridized carbons (Fsp3) is 0.0714. The summed E-state index contributed by atoms with van der Waals surface area (Å²) in [5.41, 5.74) is 7.53. The van der Waals surface area contributed by atoms with Gasteiger partial charge < -0.3 is 10.8 Å². The fourth-order valence-corrected chi connectivity index (χ4v) is 2.05. The Morgan fingerprint density at radius 2 is 1.78 bits per heavy atom. The molecule has 0 aromatic heterocycles. The lowest BCUT2D eigenvalue weighted by Gasteiger charge is -2.13. The first-order valence-corrected chi connectivity index (χ1v) is 5.79. The van der Waals surface area contributed by atoms with Crippen molar-refractivity contribution in [2.24, 2.45) is 0 Å². The van der Waals surface area contributed by atoms with Crippen LogP contribution in [0.1, 0.15) is 17.0 Å². The number of aliphatic carboxylic acids is 1. The Morgan fingerprint density at radius 1 is 1.11 bits per heavy atom. The summed E-state index contributed by atoms with van der Waals surface area (Å²) in [6.45, 7) is 0. The first kappa shape index (κ1) is 12.5. The molecule has 0 saturated heterocycles. The van der Waals surface area contributed by atoms with Crippen LogP contribution in [0.4, 0.5) is 5.69 Å². The van der Waals surface area contributed by atoms with E-state index in [1.165, 1.54) is 0 Å². The SMILES string of the molecule is Nc1ccc(C(C(=O)O)c2cccc(Cl)c2)cc1. The second-order valence-corrected chi connectivity index (χ2v) is 4.43. The maximum Gasteiger partial charge on any atom is 0.315 e. The van der Waals surface area contributed by atoms with Crippen LogP contribution in [0.2, 0.25) is 5.02 Å². The molecule has 0 amide bonds. The van der Waals surface area contributed by atoms with Crippen LogP contribution in [0.25, 0.3) is 0 Å². The highest BCUT2D eigenvalue weighted by molar-refractivity contribution is 6.30. The van der Waals surface area contributed by atoms with Gasteiger partial charge in [0.1, 0.15) is 5.92 Å². The Labute approximate surface area is 110 Å². The minimum atomic E-state index is -0.915. The summed E-state index contributed by atoms with van der Waals surface area (Å²) >= 11 is 5.89. The summed E-state index contributed by atoms with van der Waals surface area (Å²) in [4.78, 5) is 11.4. The van der Waals surface area contributed by atoms with Gasteiger partial charge in [0.15, 0.2) is 0 Å². The number of halogens is 1. The first-order chi connectivity index (χ1) is 8.58. The zero-order valence-corrected chi connectivity index (χ0v) is 10.3. The molecule has 0 aliphatic carbocycles. The number of benzene rings is 2. The molecule has 0 heterocycles. The lowest BCUT2D eigenvalue weighted by Crippen LogP contribution is -2.13. The van der Waals surface area contributed by atoms with Crippen molar-refractivity contribution < 1.29 is 9.90 Å². The van der Waals surface area contributed by atoms with E-state index in [-0.39, 0.29) is 0 Å². The van der Waals surface area contributed by atoms with Gasteiger partial charge in [0, 0.05) is 10.7 Å². The molecule has 3 N–H and O–H groups in total. The molecule has 2 rings (SSSR count). The number of nitrogens with two attached hydrogens (primary N) is 1. The van der Waals surface area contributed by atoms with Crippen LogP contribution in [0.5, 0.6) is 0 Å². The molecule has 2 aromatic rings. The van der Waals surface area contributed by atoms with E-state index in [0.717, 1.165) is 0 Å². The van der Waals surface area contributed by atoms with E-state index in [0.29, 0.717) is 21.8 Å². The second-order valence-electron chi connectivity index (χ2n) is 3.99. The van der Waals surface area contributed by atoms with Gasteiger partial charge in [0.05, 0.1) is 0 Å². The third-order valence-electron chi connectivity index (χ3n) is 2.70. The van der Waals surface area contributed by atoms with Crippen molar-refractivity contribution in [2.75, 3.05) is 5.73 Å². The topological polar surface area (TPSA) is 63.3 Å². The van der Waals surface area contributed by atoms with Gasteiger partial charge in [-0.3, -0.25) is 4.79 Å². The summed E-state index contributed by atoms with van der Waals surface area (Å²) in [6, 6.07) is 13.7. The van der Waals surface area contributed by atoms with Gasteiger partial charge in [0.2, 0.25) is 0 Å². The van der Waals surface area contributed by atoms with Gasteiger partial charge >= 0.3 is 5.97 Å². The molecule has 0 spiro atoms. The normalized spacial score (nSPS) is 12.1. The Morgan fingerprint density at radius 3 is 2.33 bits per heavy atom. The van der Waals surface area contributed by atoms with Gasteiger partial charge in [-0.15, -0.1) is 0 Å². The Kier molecular flexibility index (Phi) is 3.53. The molecule has 18 heavy (non-hydrogen) atoms. The van der Waals surface area contributed by atoms with E-state index < -0.39 is 11.9 Å². The van der Waals surface area contributed by atoms with Crippen LogP contribution in [0.15, 0.2) is 48.5 Å². The predicted molar refractivity (Wildman–Crippen MR) is 71.8 cm³/mol. The van der Waals surface area contributed by atoms with Crippen molar-refractivity contribution in [2.45, 2.75) is 5.92 Å². The molecule has 0 saturated carbocycles. The molecule has 0 fully saturated rings. The minimum absolute atomic E-state index is 0.522. The standard InChI is InChI=1S/C14H12ClNO2/c15-11-3-1-2-10(8-11)13(14(17)18)9-4-6-12(16)7-5-9/h1-8,13H,16H2,(H,17,18). The van der Waals surface area contributed by atoms with Gasteiger partial charge in [0.25, 0.3) is 0 Å². The van der Waals surface area contributed by atoms with Crippen LogP contribution in [-0.4, -0.2) is 11.1 Å². The van der Waals surface area contributed by atoms with Gasteiger partial charge in [-0.2, -0.15) is 0 Å². The molecule has 1 unspecified atom stereocenters. The molecule has 0 aliphatic heterocycles. The van der Waals surface area contributed by atoms with Crippen molar-refractivity contribution in [3.05, 3.63) is 64.7 Å². The lowest BCUT2D eigenvalue weighted by atomic mass is 9.91. The molecule has 0 bridgehead atoms. The van der Waals surface area contributed by atoms with Crippen LogP contribution >= 0.6 is 11.6 Å². The van der Waals surface area contributed by atoms with Crippen molar-refractivity contribution in [1.82, 2.24) is 0 Å². The summed E-state index contributed by atoms with van der Waals surface area (Å²) in [6.07, 6.45) is 0. The highest BCUT2D eigenvalue weighted by Crippen LogP contribution is 2.27. The number of carboxylic acid groups (broad SMARTS) is 1. The average molecular weight is 262 g/mol. The van der Waals surface area contributed by atoms with Crippen LogP contribution < -0.4 is 5.73 Å². The highest BCUT2D eigenvalue weighted by Gasteiger charge is 2.22. The van der Waals surface area contributed by atoms with Crippen molar-refractivity contribution in [3.63, 3.8) is 0 Å². The van der Waals surface area contributed by atoms with E-state index in [1.807, 2.05) is 0 Å². The molecule has 4 heteroatoms.